The summed E-state index contributed by atoms with van der Waals surface area (Å²) in [4.78, 5) is 11.7. The number of carbonyl (C=O) groups excluding carboxylic acids is 1. The van der Waals surface area contributed by atoms with Crippen LogP contribution in [0.3, 0.4) is 0 Å². The lowest BCUT2D eigenvalue weighted by Crippen LogP contribution is -2.22. The molecule has 0 aliphatic carbocycles. The molecule has 0 saturated carbocycles. The Labute approximate surface area is 40.6 Å². The SMILES string of the molecule is NC(=O)CNCl. The van der Waals surface area contributed by atoms with E-state index in [0.29, 0.717) is 0 Å². The monoisotopic (exact) mass is 108 g/mol. The summed E-state index contributed by atoms with van der Waals surface area (Å²) in [6, 6.07) is 0. The lowest BCUT2D eigenvalue weighted by atomic mass is 10.7. The van der Waals surface area contributed by atoms with Crippen LogP contribution in [0, 0.1) is 0 Å². The fourth-order valence-electron chi connectivity index (χ4n) is 0.0659. The van der Waals surface area contributed by atoms with Gasteiger partial charge in [-0.25, -0.2) is 4.84 Å². The highest BCUT2D eigenvalue weighted by atomic mass is 35.5. The zero-order valence-corrected chi connectivity index (χ0v) is 3.83. The van der Waals surface area contributed by atoms with Crippen molar-refractivity contribution >= 4 is 17.7 Å². The second-order valence-electron chi connectivity index (χ2n) is 0.777. The molecule has 0 rings (SSSR count). The summed E-state index contributed by atoms with van der Waals surface area (Å²) in [6.45, 7) is 0.0293. The number of nitrogens with two attached hydrogens (primary N) is 1. The van der Waals surface area contributed by atoms with Crippen molar-refractivity contribution in [2.75, 3.05) is 6.54 Å². The lowest BCUT2D eigenvalue weighted by Gasteiger charge is -1.82. The molecule has 0 atom stereocenters. The van der Waals surface area contributed by atoms with Crippen LogP contribution < -0.4 is 10.6 Å². The predicted molar refractivity (Wildman–Crippen MR) is 23.1 cm³/mol. The minimum Gasteiger partial charge on any atom is -0.369 e. The van der Waals surface area contributed by atoms with Gasteiger partial charge >= 0.3 is 0 Å². The third-order valence-corrected chi connectivity index (χ3v) is 0.375. The van der Waals surface area contributed by atoms with E-state index in [1.165, 1.54) is 0 Å². The fraction of sp³-hybridized carbons (Fsp3) is 0.500. The average molecular weight is 109 g/mol. The molecule has 0 aliphatic rings. The number of primary amides is 1. The highest BCUT2D eigenvalue weighted by molar-refractivity contribution is 6.14. The van der Waals surface area contributed by atoms with Gasteiger partial charge in [-0.1, -0.05) is 0 Å². The highest BCUT2D eigenvalue weighted by Crippen LogP contribution is 1.56. The molecule has 0 bridgehead atoms. The van der Waals surface area contributed by atoms with Gasteiger partial charge in [0.05, 0.1) is 6.54 Å². The maximum atomic E-state index is 9.67. The normalized spacial score (nSPS) is 8.17. The zero-order valence-electron chi connectivity index (χ0n) is 3.07. The number of nitrogens with one attached hydrogen (secondary N) is 1. The van der Waals surface area contributed by atoms with Gasteiger partial charge in [0.15, 0.2) is 0 Å². The molecule has 0 aliphatic heterocycles. The van der Waals surface area contributed by atoms with Gasteiger partial charge in [0.1, 0.15) is 0 Å². The first kappa shape index (κ1) is 5.72. The van der Waals surface area contributed by atoms with E-state index in [1.807, 2.05) is 0 Å². The van der Waals surface area contributed by atoms with Crippen molar-refractivity contribution in [3.63, 3.8) is 0 Å². The number of amides is 1. The second-order valence-corrected chi connectivity index (χ2v) is 1.04. The van der Waals surface area contributed by atoms with E-state index < -0.39 is 5.91 Å². The van der Waals surface area contributed by atoms with Crippen molar-refractivity contribution in [1.29, 1.82) is 0 Å². The van der Waals surface area contributed by atoms with E-state index in [0.717, 1.165) is 0 Å². The summed E-state index contributed by atoms with van der Waals surface area (Å²) in [7, 11) is 0. The van der Waals surface area contributed by atoms with Crippen molar-refractivity contribution in [1.82, 2.24) is 4.84 Å². The molecule has 0 fully saturated rings. The highest BCUT2D eigenvalue weighted by Gasteiger charge is 1.84. The molecular weight excluding hydrogens is 103 g/mol. The Bertz CT molecular complexity index is 55.5. The van der Waals surface area contributed by atoms with E-state index >= 15 is 0 Å². The Morgan fingerprint density at radius 1 is 2.00 bits per heavy atom. The van der Waals surface area contributed by atoms with Crippen molar-refractivity contribution in [2.24, 2.45) is 5.73 Å². The van der Waals surface area contributed by atoms with E-state index in [-0.39, 0.29) is 6.54 Å². The number of hydrogen-bond acceptors (Lipinski definition) is 2. The molecule has 0 spiro atoms. The summed E-state index contributed by atoms with van der Waals surface area (Å²) in [5.74, 6) is -0.454. The molecule has 0 saturated heterocycles. The van der Waals surface area contributed by atoms with Crippen LogP contribution in [-0.4, -0.2) is 12.5 Å². The van der Waals surface area contributed by atoms with Crippen LogP contribution in [0.1, 0.15) is 0 Å². The Morgan fingerprint density at radius 3 is 2.50 bits per heavy atom. The van der Waals surface area contributed by atoms with Crippen molar-refractivity contribution in [2.45, 2.75) is 0 Å². The largest absolute Gasteiger partial charge is 0.369 e. The maximum Gasteiger partial charge on any atom is 0.232 e. The first-order chi connectivity index (χ1) is 2.77. The summed E-state index contributed by atoms with van der Waals surface area (Å²) in [5, 5.41) is 0. The van der Waals surface area contributed by atoms with Gasteiger partial charge in [-0.15, -0.1) is 0 Å². The van der Waals surface area contributed by atoms with Gasteiger partial charge in [-0.3, -0.25) is 4.79 Å². The van der Waals surface area contributed by atoms with Crippen molar-refractivity contribution in [3.05, 3.63) is 0 Å². The molecule has 0 aromatic rings. The molecule has 6 heavy (non-hydrogen) atoms. The smallest absolute Gasteiger partial charge is 0.232 e. The molecular formula is C2H5ClN2O. The lowest BCUT2D eigenvalue weighted by molar-refractivity contribution is -0.116. The molecule has 0 unspecified atom stereocenters. The van der Waals surface area contributed by atoms with Crippen LogP contribution in [0.25, 0.3) is 0 Å². The minimum atomic E-state index is -0.454. The summed E-state index contributed by atoms with van der Waals surface area (Å²) in [5.41, 5.74) is 4.62. The van der Waals surface area contributed by atoms with Gasteiger partial charge in [0.25, 0.3) is 0 Å². The van der Waals surface area contributed by atoms with Crippen LogP contribution in [-0.2, 0) is 4.79 Å². The van der Waals surface area contributed by atoms with Gasteiger partial charge < -0.3 is 5.73 Å². The van der Waals surface area contributed by atoms with E-state index in [4.69, 9.17) is 11.8 Å². The molecule has 0 heterocycles. The summed E-state index contributed by atoms with van der Waals surface area (Å²) < 4.78 is 0. The second kappa shape index (κ2) is 2.93. The first-order valence-electron chi connectivity index (χ1n) is 1.39. The van der Waals surface area contributed by atoms with Crippen LogP contribution >= 0.6 is 11.8 Å². The molecule has 3 nitrogen and oxygen atoms in total. The van der Waals surface area contributed by atoms with Crippen molar-refractivity contribution in [3.8, 4) is 0 Å². The molecule has 0 aromatic carbocycles. The molecule has 1 amide bonds. The van der Waals surface area contributed by atoms with Gasteiger partial charge in [0.2, 0.25) is 5.91 Å². The Morgan fingerprint density at radius 2 is 2.50 bits per heavy atom. The van der Waals surface area contributed by atoms with Gasteiger partial charge in [-0.2, -0.15) is 0 Å². The number of carbonyl (C=O) groups is 1. The summed E-state index contributed by atoms with van der Waals surface area (Å²) >= 11 is 4.85. The number of hydrogen-bond donors (Lipinski definition) is 2. The third kappa shape index (κ3) is 3.72. The maximum absolute atomic E-state index is 9.67. The van der Waals surface area contributed by atoms with E-state index in [2.05, 4.69) is 10.6 Å². The Hall–Kier alpha value is -0.280. The molecule has 0 aromatic heterocycles. The van der Waals surface area contributed by atoms with Crippen molar-refractivity contribution < 1.29 is 4.79 Å². The summed E-state index contributed by atoms with van der Waals surface area (Å²) in [6.07, 6.45) is 0. The Kier molecular flexibility index (Phi) is 2.80. The van der Waals surface area contributed by atoms with Crippen LogP contribution in [0.2, 0.25) is 0 Å². The van der Waals surface area contributed by atoms with Crippen LogP contribution in [0.5, 0.6) is 0 Å². The van der Waals surface area contributed by atoms with E-state index in [9.17, 15) is 4.79 Å². The topological polar surface area (TPSA) is 55.1 Å². The number of rotatable bonds is 2. The third-order valence-electron chi connectivity index (χ3n) is 0.241. The Balaban J connectivity index is 2.83. The van der Waals surface area contributed by atoms with Crippen LogP contribution in [0.4, 0.5) is 0 Å². The quantitative estimate of drug-likeness (QED) is 0.456. The average Bonchev–Trinajstić information content (AvgIpc) is 1.35. The first-order valence-corrected chi connectivity index (χ1v) is 1.77. The molecule has 4 heteroatoms. The fourth-order valence-corrected chi connectivity index (χ4v) is 0.198. The standard InChI is InChI=1S/C2H5ClN2O/c3-5-1-2(4)6/h5H,1H2,(H2,4,6). The predicted octanol–water partition coefficient (Wildman–Crippen LogP) is -0.785. The number of halogens is 1. The molecule has 0 radical (unpaired) electrons. The minimum absolute atomic E-state index is 0.0293. The van der Waals surface area contributed by atoms with Gasteiger partial charge in [-0.05, 0) is 11.8 Å². The van der Waals surface area contributed by atoms with Crippen LogP contribution in [0.15, 0.2) is 0 Å². The molecule has 36 valence electrons. The van der Waals surface area contributed by atoms with Gasteiger partial charge in [0, 0.05) is 0 Å². The van der Waals surface area contributed by atoms with E-state index in [1.54, 1.807) is 0 Å². The molecule has 3 N–H and O–H groups in total. The zero-order chi connectivity index (χ0) is 4.99.